The van der Waals surface area contributed by atoms with E-state index in [1.165, 1.54) is 9.80 Å². The van der Waals surface area contributed by atoms with Crippen molar-refractivity contribution >= 4 is 23.6 Å². The number of amides is 4. The second kappa shape index (κ2) is 7.74. The number of hydrogen-bond acceptors (Lipinski definition) is 5. The Labute approximate surface area is 181 Å². The zero-order chi connectivity index (χ0) is 22.3. The van der Waals surface area contributed by atoms with Crippen LogP contribution in [0.15, 0.2) is 48.5 Å². The van der Waals surface area contributed by atoms with E-state index in [1.807, 2.05) is 20.8 Å². The van der Waals surface area contributed by atoms with Crippen molar-refractivity contribution in [3.63, 3.8) is 0 Å². The van der Waals surface area contributed by atoms with Gasteiger partial charge in [0, 0.05) is 31.7 Å². The van der Waals surface area contributed by atoms with Gasteiger partial charge in [0.1, 0.15) is 0 Å². The summed E-state index contributed by atoms with van der Waals surface area (Å²) in [6.45, 7) is 7.45. The van der Waals surface area contributed by atoms with Crippen LogP contribution in [0.5, 0.6) is 0 Å². The molecule has 7 nitrogen and oxygen atoms in total. The minimum Gasteiger partial charge on any atom is -0.295 e. The Morgan fingerprint density at radius 1 is 0.613 bits per heavy atom. The summed E-state index contributed by atoms with van der Waals surface area (Å²) in [7, 11) is 0. The van der Waals surface area contributed by atoms with Crippen LogP contribution in [-0.4, -0.2) is 70.0 Å². The molecule has 2 aliphatic rings. The summed E-state index contributed by atoms with van der Waals surface area (Å²) in [5, 5.41) is 0. The van der Waals surface area contributed by atoms with E-state index in [4.69, 9.17) is 0 Å². The van der Waals surface area contributed by atoms with Crippen LogP contribution in [0, 0.1) is 0 Å². The summed E-state index contributed by atoms with van der Waals surface area (Å²) in [6, 6.07) is 13.7. The first-order chi connectivity index (χ1) is 14.7. The molecule has 2 aromatic rings. The standard InChI is InChI=1S/C24H25N3O4/c1-24(2,3)25(12-14-26-20(28)16-8-4-5-9-17(16)21(26)29)13-15-27-22(30)18-10-6-7-11-19(18)23(27)31/h4-11H,12-15H2,1-3H3. The number of fused-ring (bicyclic) bond motifs is 2. The molecule has 2 aliphatic heterocycles. The molecule has 2 aromatic carbocycles. The topological polar surface area (TPSA) is 78.0 Å². The van der Waals surface area contributed by atoms with Gasteiger partial charge in [-0.3, -0.25) is 33.9 Å². The van der Waals surface area contributed by atoms with Crippen molar-refractivity contribution in [2.24, 2.45) is 0 Å². The van der Waals surface area contributed by atoms with Gasteiger partial charge in [0.15, 0.2) is 0 Å². The van der Waals surface area contributed by atoms with Crippen molar-refractivity contribution < 1.29 is 19.2 Å². The third-order valence-corrected chi connectivity index (χ3v) is 5.89. The maximum Gasteiger partial charge on any atom is 0.261 e. The maximum absolute atomic E-state index is 12.6. The van der Waals surface area contributed by atoms with Gasteiger partial charge in [0.05, 0.1) is 22.3 Å². The maximum atomic E-state index is 12.6. The highest BCUT2D eigenvalue weighted by Gasteiger charge is 2.37. The Kier molecular flexibility index (Phi) is 5.23. The molecule has 0 aliphatic carbocycles. The minimum absolute atomic E-state index is 0.242. The largest absolute Gasteiger partial charge is 0.295 e. The number of hydrogen-bond donors (Lipinski definition) is 0. The van der Waals surface area contributed by atoms with Crippen molar-refractivity contribution in [1.29, 1.82) is 0 Å². The van der Waals surface area contributed by atoms with Gasteiger partial charge in [-0.1, -0.05) is 24.3 Å². The highest BCUT2D eigenvalue weighted by molar-refractivity contribution is 6.22. The molecule has 0 radical (unpaired) electrons. The van der Waals surface area contributed by atoms with Crippen LogP contribution >= 0.6 is 0 Å². The molecule has 0 spiro atoms. The van der Waals surface area contributed by atoms with Gasteiger partial charge in [0.25, 0.3) is 23.6 Å². The quantitative estimate of drug-likeness (QED) is 0.673. The molecule has 0 fully saturated rings. The molecule has 0 bridgehead atoms. The van der Waals surface area contributed by atoms with Crippen LogP contribution in [0.4, 0.5) is 0 Å². The third kappa shape index (κ3) is 3.65. The summed E-state index contributed by atoms with van der Waals surface area (Å²) in [4.78, 5) is 55.2. The molecule has 31 heavy (non-hydrogen) atoms. The highest BCUT2D eigenvalue weighted by atomic mass is 16.2. The Morgan fingerprint density at radius 3 is 1.16 bits per heavy atom. The molecule has 4 rings (SSSR count). The van der Waals surface area contributed by atoms with E-state index in [2.05, 4.69) is 4.90 Å². The van der Waals surface area contributed by atoms with E-state index >= 15 is 0 Å². The van der Waals surface area contributed by atoms with Gasteiger partial charge in [0.2, 0.25) is 0 Å². The fourth-order valence-electron chi connectivity index (χ4n) is 4.11. The normalized spacial score (nSPS) is 15.9. The first-order valence-electron chi connectivity index (χ1n) is 10.4. The second-order valence-electron chi connectivity index (χ2n) is 8.77. The van der Waals surface area contributed by atoms with Crippen molar-refractivity contribution in [3.05, 3.63) is 70.8 Å². The Balaban J connectivity index is 1.43. The molecular weight excluding hydrogens is 394 g/mol. The van der Waals surface area contributed by atoms with Gasteiger partial charge in [-0.2, -0.15) is 0 Å². The average molecular weight is 419 g/mol. The van der Waals surface area contributed by atoms with Crippen LogP contribution in [0.3, 0.4) is 0 Å². The number of nitrogens with zero attached hydrogens (tertiary/aromatic N) is 3. The second-order valence-corrected chi connectivity index (χ2v) is 8.77. The molecule has 0 unspecified atom stereocenters. The lowest BCUT2D eigenvalue weighted by molar-refractivity contribution is 0.0549. The van der Waals surface area contributed by atoms with E-state index < -0.39 is 0 Å². The van der Waals surface area contributed by atoms with Gasteiger partial charge < -0.3 is 0 Å². The molecular formula is C24H25N3O4. The number of carbonyl (C=O) groups is 4. The fourth-order valence-corrected chi connectivity index (χ4v) is 4.11. The summed E-state index contributed by atoms with van der Waals surface area (Å²) in [5.41, 5.74) is 1.44. The summed E-state index contributed by atoms with van der Waals surface area (Å²) in [6.07, 6.45) is 0. The highest BCUT2D eigenvalue weighted by Crippen LogP contribution is 2.24. The average Bonchev–Trinajstić information content (AvgIpc) is 3.13. The smallest absolute Gasteiger partial charge is 0.261 e. The number of rotatable bonds is 6. The lowest BCUT2D eigenvalue weighted by atomic mass is 10.1. The predicted octanol–water partition coefficient (Wildman–Crippen LogP) is 2.68. The van der Waals surface area contributed by atoms with E-state index in [-0.39, 0.29) is 42.3 Å². The third-order valence-electron chi connectivity index (χ3n) is 5.89. The molecule has 4 amide bonds. The summed E-state index contributed by atoms with van der Waals surface area (Å²) in [5.74, 6) is -1.13. The van der Waals surface area contributed by atoms with Crippen molar-refractivity contribution in [2.45, 2.75) is 26.3 Å². The molecule has 0 atom stereocenters. The molecule has 0 aromatic heterocycles. The molecule has 0 saturated heterocycles. The Bertz CT molecular complexity index is 937. The predicted molar refractivity (Wildman–Crippen MR) is 115 cm³/mol. The monoisotopic (exact) mass is 419 g/mol. The van der Waals surface area contributed by atoms with Crippen molar-refractivity contribution in [3.8, 4) is 0 Å². The van der Waals surface area contributed by atoms with E-state index in [0.29, 0.717) is 35.3 Å². The van der Waals surface area contributed by atoms with E-state index in [1.54, 1.807) is 48.5 Å². The SMILES string of the molecule is CC(C)(C)N(CCN1C(=O)c2ccccc2C1=O)CCN1C(=O)c2ccccc2C1=O. The fraction of sp³-hybridized carbons (Fsp3) is 0.333. The van der Waals surface area contributed by atoms with Crippen molar-refractivity contribution in [2.75, 3.05) is 26.2 Å². The first-order valence-corrected chi connectivity index (χ1v) is 10.4. The summed E-state index contributed by atoms with van der Waals surface area (Å²) < 4.78 is 0. The minimum atomic E-state index is -0.283. The van der Waals surface area contributed by atoms with E-state index in [0.717, 1.165) is 0 Å². The first kappa shape index (κ1) is 20.9. The van der Waals surface area contributed by atoms with Crippen LogP contribution in [-0.2, 0) is 0 Å². The Morgan fingerprint density at radius 2 is 0.903 bits per heavy atom. The molecule has 160 valence electrons. The lowest BCUT2D eigenvalue weighted by Gasteiger charge is -2.37. The molecule has 0 saturated carbocycles. The van der Waals surface area contributed by atoms with E-state index in [9.17, 15) is 19.2 Å². The van der Waals surface area contributed by atoms with Gasteiger partial charge in [-0.25, -0.2) is 0 Å². The van der Waals surface area contributed by atoms with Crippen LogP contribution in [0.1, 0.15) is 62.2 Å². The molecule has 7 heteroatoms. The number of imide groups is 2. The van der Waals surface area contributed by atoms with Gasteiger partial charge >= 0.3 is 0 Å². The van der Waals surface area contributed by atoms with Crippen molar-refractivity contribution in [1.82, 2.24) is 14.7 Å². The van der Waals surface area contributed by atoms with Gasteiger partial charge in [-0.05, 0) is 45.0 Å². The summed E-state index contributed by atoms with van der Waals surface area (Å²) >= 11 is 0. The van der Waals surface area contributed by atoms with Crippen LogP contribution < -0.4 is 0 Å². The number of benzene rings is 2. The van der Waals surface area contributed by atoms with Crippen LogP contribution in [0.25, 0.3) is 0 Å². The zero-order valence-corrected chi connectivity index (χ0v) is 17.9. The zero-order valence-electron chi connectivity index (χ0n) is 17.9. The lowest BCUT2D eigenvalue weighted by Crippen LogP contribution is -2.49. The Hall–Kier alpha value is -3.32. The molecule has 0 N–H and O–H groups in total. The molecule has 2 heterocycles. The number of carbonyl (C=O) groups excluding carboxylic acids is 4. The van der Waals surface area contributed by atoms with Crippen LogP contribution in [0.2, 0.25) is 0 Å². The van der Waals surface area contributed by atoms with Gasteiger partial charge in [-0.15, -0.1) is 0 Å².